The molecule has 2 heterocycles. The number of hydrogen-bond acceptors (Lipinski definition) is 5. The first-order chi connectivity index (χ1) is 5.83. The Bertz CT molecular complexity index is 318. The van der Waals surface area contributed by atoms with Gasteiger partial charge in [0.2, 0.25) is 0 Å². The van der Waals surface area contributed by atoms with E-state index in [-0.39, 0.29) is 6.17 Å². The minimum absolute atomic E-state index is 0.193. The van der Waals surface area contributed by atoms with Gasteiger partial charge in [-0.05, 0) is 6.26 Å². The summed E-state index contributed by atoms with van der Waals surface area (Å²) in [5.41, 5.74) is 0.931. The van der Waals surface area contributed by atoms with Crippen LogP contribution in [0.25, 0.3) is 0 Å². The van der Waals surface area contributed by atoms with Crippen molar-refractivity contribution in [3.63, 3.8) is 0 Å². The van der Waals surface area contributed by atoms with Gasteiger partial charge < -0.3 is 5.32 Å². The van der Waals surface area contributed by atoms with E-state index in [1.54, 1.807) is 6.34 Å². The molecule has 0 aromatic heterocycles. The van der Waals surface area contributed by atoms with Crippen LogP contribution in [0.5, 0.6) is 0 Å². The monoisotopic (exact) mass is 198 g/mol. The van der Waals surface area contributed by atoms with E-state index in [1.807, 2.05) is 6.26 Å². The number of thioether (sulfide) groups is 1. The molecule has 2 rings (SSSR count). The van der Waals surface area contributed by atoms with Gasteiger partial charge in [0.1, 0.15) is 10.0 Å². The zero-order chi connectivity index (χ0) is 8.55. The molecule has 0 fully saturated rings. The lowest BCUT2D eigenvalue weighted by molar-refractivity contribution is 0.823. The van der Waals surface area contributed by atoms with Crippen molar-refractivity contribution in [1.82, 2.24) is 5.32 Å². The van der Waals surface area contributed by atoms with E-state index in [0.717, 1.165) is 10.6 Å². The van der Waals surface area contributed by atoms with Crippen LogP contribution in [0.15, 0.2) is 25.8 Å². The van der Waals surface area contributed by atoms with Crippen LogP contribution in [-0.4, -0.2) is 23.7 Å². The van der Waals surface area contributed by atoms with Crippen LogP contribution in [-0.2, 0) is 0 Å². The van der Waals surface area contributed by atoms with Gasteiger partial charge in [-0.3, -0.25) is 0 Å². The zero-order valence-corrected chi connectivity index (χ0v) is 7.95. The highest BCUT2D eigenvalue weighted by Crippen LogP contribution is 2.31. The minimum atomic E-state index is -0.193. The molecule has 2 aliphatic heterocycles. The SMILES string of the molecule is CSC1=C2C(=S)NC=NC2N=N1. The third kappa shape index (κ3) is 1.07. The van der Waals surface area contributed by atoms with Gasteiger partial charge in [0.15, 0.2) is 6.17 Å². The summed E-state index contributed by atoms with van der Waals surface area (Å²) in [6.07, 6.45) is 3.32. The Morgan fingerprint density at radius 2 is 2.50 bits per heavy atom. The molecule has 0 radical (unpaired) electrons. The molecule has 0 spiro atoms. The highest BCUT2D eigenvalue weighted by Gasteiger charge is 2.28. The fourth-order valence-corrected chi connectivity index (χ4v) is 1.92. The molecule has 4 nitrogen and oxygen atoms in total. The largest absolute Gasteiger partial charge is 0.337 e. The Labute approximate surface area is 79.2 Å². The third-order valence-electron chi connectivity index (χ3n) is 1.60. The van der Waals surface area contributed by atoms with Crippen molar-refractivity contribution in [2.45, 2.75) is 6.17 Å². The molecule has 0 aromatic carbocycles. The second-order valence-electron chi connectivity index (χ2n) is 2.26. The molecule has 2 aliphatic rings. The Balaban J connectivity index is 2.44. The quantitative estimate of drug-likeness (QED) is 0.646. The molecule has 12 heavy (non-hydrogen) atoms. The van der Waals surface area contributed by atoms with E-state index >= 15 is 0 Å². The second kappa shape index (κ2) is 2.95. The van der Waals surface area contributed by atoms with Crippen LogP contribution in [0, 0.1) is 0 Å². The van der Waals surface area contributed by atoms with Crippen LogP contribution in [0.1, 0.15) is 0 Å². The number of rotatable bonds is 1. The summed E-state index contributed by atoms with van der Waals surface area (Å²) in [6.45, 7) is 0. The molecule has 0 saturated carbocycles. The smallest absolute Gasteiger partial charge is 0.193 e. The zero-order valence-electron chi connectivity index (χ0n) is 6.31. The Hall–Kier alpha value is -0.750. The van der Waals surface area contributed by atoms with Crippen LogP contribution >= 0.6 is 24.0 Å². The van der Waals surface area contributed by atoms with E-state index < -0.39 is 0 Å². The van der Waals surface area contributed by atoms with Crippen LogP contribution in [0.3, 0.4) is 0 Å². The van der Waals surface area contributed by atoms with Crippen LogP contribution in [0.4, 0.5) is 0 Å². The molecular weight excluding hydrogens is 192 g/mol. The van der Waals surface area contributed by atoms with E-state index in [4.69, 9.17) is 12.2 Å². The average Bonchev–Trinajstić information content (AvgIpc) is 2.49. The molecule has 1 N–H and O–H groups in total. The van der Waals surface area contributed by atoms with Crippen molar-refractivity contribution in [2.75, 3.05) is 6.26 Å². The molecule has 6 heteroatoms. The molecule has 0 aliphatic carbocycles. The summed E-state index contributed by atoms with van der Waals surface area (Å²) in [4.78, 5) is 4.77. The summed E-state index contributed by atoms with van der Waals surface area (Å²) < 4.78 is 0. The summed E-state index contributed by atoms with van der Waals surface area (Å²) in [5, 5.41) is 11.7. The maximum atomic E-state index is 5.09. The van der Waals surface area contributed by atoms with Crippen molar-refractivity contribution in [3.05, 3.63) is 10.6 Å². The molecule has 62 valence electrons. The van der Waals surface area contributed by atoms with Gasteiger partial charge in [0, 0.05) is 0 Å². The summed E-state index contributed by atoms with van der Waals surface area (Å²) in [7, 11) is 0. The first-order valence-electron chi connectivity index (χ1n) is 3.34. The fourth-order valence-electron chi connectivity index (χ4n) is 1.04. The number of thiocarbonyl (C=S) groups is 1. The highest BCUT2D eigenvalue weighted by atomic mass is 32.2. The van der Waals surface area contributed by atoms with Crippen molar-refractivity contribution in [3.8, 4) is 0 Å². The molecule has 0 saturated heterocycles. The van der Waals surface area contributed by atoms with E-state index in [1.165, 1.54) is 11.8 Å². The minimum Gasteiger partial charge on any atom is -0.337 e. The van der Waals surface area contributed by atoms with Gasteiger partial charge in [-0.25, -0.2) is 4.99 Å². The molecule has 0 aromatic rings. The van der Waals surface area contributed by atoms with Gasteiger partial charge in [0.25, 0.3) is 0 Å². The molecule has 1 unspecified atom stereocenters. The standard InChI is InChI=1S/C6H6N4S2/c1-12-6-3-4(9-10-6)7-2-8-5(3)11/h2,4H,1H3,(H,7,8,11). The van der Waals surface area contributed by atoms with Gasteiger partial charge in [-0.1, -0.05) is 12.2 Å². The predicted molar refractivity (Wildman–Crippen MR) is 53.4 cm³/mol. The number of azo groups is 1. The van der Waals surface area contributed by atoms with Gasteiger partial charge in [0.05, 0.1) is 11.9 Å². The Morgan fingerprint density at radius 3 is 3.25 bits per heavy atom. The Kier molecular flexibility index (Phi) is 1.93. The van der Waals surface area contributed by atoms with Crippen molar-refractivity contribution < 1.29 is 0 Å². The first kappa shape index (κ1) is 7.88. The summed E-state index contributed by atoms with van der Waals surface area (Å²) in [5.74, 6) is 0. The molecular formula is C6H6N4S2. The van der Waals surface area contributed by atoms with Crippen molar-refractivity contribution in [2.24, 2.45) is 15.2 Å². The lowest BCUT2D eigenvalue weighted by Gasteiger charge is -2.13. The average molecular weight is 198 g/mol. The third-order valence-corrected chi connectivity index (χ3v) is 2.62. The number of hydrogen-bond donors (Lipinski definition) is 1. The van der Waals surface area contributed by atoms with E-state index in [9.17, 15) is 0 Å². The maximum absolute atomic E-state index is 5.09. The summed E-state index contributed by atoms with van der Waals surface area (Å²) in [6, 6.07) is 0. The first-order valence-corrected chi connectivity index (χ1v) is 4.98. The lowest BCUT2D eigenvalue weighted by Crippen LogP contribution is -2.31. The normalized spacial score (nSPS) is 26.1. The van der Waals surface area contributed by atoms with E-state index in [0.29, 0.717) is 4.99 Å². The molecule has 0 amide bonds. The van der Waals surface area contributed by atoms with Gasteiger partial charge in [-0.2, -0.15) is 5.11 Å². The van der Waals surface area contributed by atoms with Crippen molar-refractivity contribution in [1.29, 1.82) is 0 Å². The van der Waals surface area contributed by atoms with Gasteiger partial charge in [-0.15, -0.1) is 16.9 Å². The topological polar surface area (TPSA) is 49.1 Å². The molecule has 1 atom stereocenters. The number of aliphatic imine (C=N–C) groups is 1. The number of fused-ring (bicyclic) bond motifs is 1. The van der Waals surface area contributed by atoms with Crippen LogP contribution in [0.2, 0.25) is 0 Å². The summed E-state index contributed by atoms with van der Waals surface area (Å²) >= 11 is 6.63. The maximum Gasteiger partial charge on any atom is 0.193 e. The van der Waals surface area contributed by atoms with Crippen LogP contribution < -0.4 is 5.32 Å². The highest BCUT2D eigenvalue weighted by molar-refractivity contribution is 8.02. The van der Waals surface area contributed by atoms with Crippen molar-refractivity contribution >= 4 is 35.3 Å². The molecule has 0 bridgehead atoms. The number of nitrogens with one attached hydrogen (secondary N) is 1. The lowest BCUT2D eigenvalue weighted by atomic mass is 10.2. The van der Waals surface area contributed by atoms with E-state index in [2.05, 4.69) is 20.5 Å². The van der Waals surface area contributed by atoms with Gasteiger partial charge >= 0.3 is 0 Å². The fraction of sp³-hybridized carbons (Fsp3) is 0.333. The Morgan fingerprint density at radius 1 is 1.67 bits per heavy atom. The second-order valence-corrected chi connectivity index (χ2v) is 3.47. The number of nitrogens with zero attached hydrogens (tertiary/aromatic N) is 3. The predicted octanol–water partition coefficient (Wildman–Crippen LogP) is 1.31.